The Kier molecular flexibility index (Phi) is 7.03. The van der Waals surface area contributed by atoms with Gasteiger partial charge in [-0.3, -0.25) is 9.67 Å². The lowest BCUT2D eigenvalue weighted by molar-refractivity contribution is 0.0177. The molecule has 4 aromatic heterocycles. The van der Waals surface area contributed by atoms with Gasteiger partial charge in [-0.1, -0.05) is 11.6 Å². The Hall–Kier alpha value is -4.18. The van der Waals surface area contributed by atoms with E-state index >= 15 is 0 Å². The number of hydrogen-bond acceptors (Lipinski definition) is 7. The molecular formula is C30H32ClN7O3. The zero-order valence-corrected chi connectivity index (χ0v) is 24.3. The van der Waals surface area contributed by atoms with Crippen molar-refractivity contribution in [1.82, 2.24) is 34.0 Å². The molecule has 5 aromatic rings. The standard InChI is InChI=1S/C30H32ClN7O3/c1-19-16-37-12-9-22(13-26(37)34-19)40-25-6-5-23-28(27(25)31)35-24(15-32-23)21-14-33-38(18-21)17-20-7-10-36(11-8-20)29(39)41-30(2,3)4/h5-6,9,12-16,18,20H,7-8,10-11,17H2,1-4H3. The number of aromatic nitrogens is 6. The van der Waals surface area contributed by atoms with E-state index in [1.165, 1.54) is 0 Å². The number of halogens is 1. The number of imidazole rings is 1. The SMILES string of the molecule is Cc1cn2ccc(Oc3ccc4ncc(-c5cnn(CC6CCN(C(=O)OC(C)(C)C)CC6)c5)nc4c3Cl)cc2n1. The van der Waals surface area contributed by atoms with E-state index in [-0.39, 0.29) is 6.09 Å². The number of carbonyl (C=O) groups excluding carboxylic acids is 1. The zero-order valence-electron chi connectivity index (χ0n) is 23.5. The number of aryl methyl sites for hydroxylation is 1. The van der Waals surface area contributed by atoms with E-state index in [4.69, 9.17) is 26.1 Å². The summed E-state index contributed by atoms with van der Waals surface area (Å²) in [6.45, 7) is 9.74. The Bertz CT molecular complexity index is 1730. The second-order valence-corrected chi connectivity index (χ2v) is 11.9. The Morgan fingerprint density at radius 1 is 1.10 bits per heavy atom. The number of hydrogen-bond donors (Lipinski definition) is 0. The fourth-order valence-electron chi connectivity index (χ4n) is 5.01. The minimum atomic E-state index is -0.487. The second kappa shape index (κ2) is 10.7. The largest absolute Gasteiger partial charge is 0.456 e. The summed E-state index contributed by atoms with van der Waals surface area (Å²) in [5.74, 6) is 1.54. The van der Waals surface area contributed by atoms with E-state index in [0.29, 0.717) is 52.3 Å². The van der Waals surface area contributed by atoms with Gasteiger partial charge in [0.2, 0.25) is 0 Å². The Morgan fingerprint density at radius 2 is 1.90 bits per heavy atom. The third kappa shape index (κ3) is 5.97. The quantitative estimate of drug-likeness (QED) is 0.235. The normalized spacial score (nSPS) is 14.6. The van der Waals surface area contributed by atoms with Gasteiger partial charge in [-0.15, -0.1) is 0 Å². The summed E-state index contributed by atoms with van der Waals surface area (Å²) in [5.41, 5.74) is 4.00. The molecule has 0 spiro atoms. The molecule has 0 unspecified atom stereocenters. The second-order valence-electron chi connectivity index (χ2n) is 11.5. The number of carbonyl (C=O) groups is 1. The third-order valence-corrected chi connectivity index (χ3v) is 7.40. The van der Waals surface area contributed by atoms with Crippen LogP contribution in [0.15, 0.2) is 55.2 Å². The number of likely N-dealkylation sites (tertiary alicyclic amines) is 1. The van der Waals surface area contributed by atoms with Crippen LogP contribution in [0.3, 0.4) is 0 Å². The highest BCUT2D eigenvalue weighted by atomic mass is 35.5. The van der Waals surface area contributed by atoms with Gasteiger partial charge in [0.1, 0.15) is 33.3 Å². The summed E-state index contributed by atoms with van der Waals surface area (Å²) in [6.07, 6.45) is 10.9. The monoisotopic (exact) mass is 573 g/mol. The van der Waals surface area contributed by atoms with Gasteiger partial charge in [0.05, 0.1) is 29.3 Å². The lowest BCUT2D eigenvalue weighted by Crippen LogP contribution is -2.42. The van der Waals surface area contributed by atoms with Gasteiger partial charge >= 0.3 is 6.09 Å². The summed E-state index contributed by atoms with van der Waals surface area (Å²) >= 11 is 6.77. The number of ether oxygens (including phenoxy) is 2. The average molecular weight is 574 g/mol. The number of amides is 1. The highest BCUT2D eigenvalue weighted by Gasteiger charge is 2.27. The molecule has 6 rings (SSSR count). The van der Waals surface area contributed by atoms with Gasteiger partial charge in [-0.05, 0) is 64.7 Å². The van der Waals surface area contributed by atoms with Crippen molar-refractivity contribution in [3.05, 3.63) is 66.0 Å². The fraction of sp³-hybridized carbons (Fsp3) is 0.367. The van der Waals surface area contributed by atoms with E-state index in [1.54, 1.807) is 23.4 Å². The van der Waals surface area contributed by atoms with E-state index in [1.807, 2.05) is 73.6 Å². The molecule has 41 heavy (non-hydrogen) atoms. The topological polar surface area (TPSA) is 99.7 Å². The zero-order chi connectivity index (χ0) is 28.7. The molecule has 1 fully saturated rings. The van der Waals surface area contributed by atoms with E-state index in [9.17, 15) is 4.79 Å². The summed E-state index contributed by atoms with van der Waals surface area (Å²) < 4.78 is 15.5. The summed E-state index contributed by atoms with van der Waals surface area (Å²) in [5, 5.41) is 4.96. The smallest absolute Gasteiger partial charge is 0.410 e. The van der Waals surface area contributed by atoms with Crippen molar-refractivity contribution >= 4 is 34.4 Å². The molecule has 1 aromatic carbocycles. The molecule has 0 aliphatic carbocycles. The molecule has 0 bridgehead atoms. The lowest BCUT2D eigenvalue weighted by atomic mass is 9.97. The average Bonchev–Trinajstić information content (AvgIpc) is 3.55. The van der Waals surface area contributed by atoms with Crippen molar-refractivity contribution in [3.63, 3.8) is 0 Å². The molecular weight excluding hydrogens is 542 g/mol. The molecule has 10 nitrogen and oxygen atoms in total. The van der Waals surface area contributed by atoms with E-state index in [0.717, 1.165) is 36.3 Å². The number of piperidine rings is 1. The number of pyridine rings is 1. The van der Waals surface area contributed by atoms with E-state index in [2.05, 4.69) is 15.1 Å². The summed E-state index contributed by atoms with van der Waals surface area (Å²) in [7, 11) is 0. The van der Waals surface area contributed by atoms with Gasteiger partial charge in [-0.25, -0.2) is 14.8 Å². The number of benzene rings is 1. The number of nitrogens with zero attached hydrogens (tertiary/aromatic N) is 7. The van der Waals surface area contributed by atoms with Crippen LogP contribution in [0.25, 0.3) is 27.9 Å². The van der Waals surface area contributed by atoms with Crippen LogP contribution in [0.4, 0.5) is 4.79 Å². The van der Waals surface area contributed by atoms with Gasteiger partial charge in [0, 0.05) is 49.9 Å². The van der Waals surface area contributed by atoms with Crippen molar-refractivity contribution < 1.29 is 14.3 Å². The Morgan fingerprint density at radius 3 is 2.68 bits per heavy atom. The molecule has 11 heteroatoms. The summed E-state index contributed by atoms with van der Waals surface area (Å²) in [6, 6.07) is 7.38. The number of fused-ring (bicyclic) bond motifs is 2. The first-order chi connectivity index (χ1) is 19.6. The molecule has 1 saturated heterocycles. The van der Waals surface area contributed by atoms with Crippen molar-refractivity contribution in [2.24, 2.45) is 5.92 Å². The summed E-state index contributed by atoms with van der Waals surface area (Å²) in [4.78, 5) is 28.1. The van der Waals surface area contributed by atoms with Crippen molar-refractivity contribution in [3.8, 4) is 22.8 Å². The van der Waals surface area contributed by atoms with Crippen LogP contribution < -0.4 is 4.74 Å². The molecule has 1 amide bonds. The predicted molar refractivity (Wildman–Crippen MR) is 156 cm³/mol. The van der Waals surface area contributed by atoms with Crippen molar-refractivity contribution in [2.75, 3.05) is 13.1 Å². The fourth-order valence-corrected chi connectivity index (χ4v) is 5.25. The predicted octanol–water partition coefficient (Wildman–Crippen LogP) is 6.54. The molecule has 0 radical (unpaired) electrons. The first-order valence-electron chi connectivity index (χ1n) is 13.7. The third-order valence-electron chi connectivity index (χ3n) is 7.04. The molecule has 212 valence electrons. The first-order valence-corrected chi connectivity index (χ1v) is 14.1. The van der Waals surface area contributed by atoms with Crippen LogP contribution in [0.1, 0.15) is 39.3 Å². The van der Waals surface area contributed by atoms with Gasteiger partial charge in [0.15, 0.2) is 0 Å². The molecule has 0 atom stereocenters. The number of rotatable bonds is 5. The van der Waals surface area contributed by atoms with Crippen molar-refractivity contribution in [2.45, 2.75) is 52.7 Å². The van der Waals surface area contributed by atoms with Crippen LogP contribution in [-0.4, -0.2) is 58.8 Å². The Labute approximate surface area is 242 Å². The maximum atomic E-state index is 12.4. The van der Waals surface area contributed by atoms with Crippen LogP contribution >= 0.6 is 11.6 Å². The minimum absolute atomic E-state index is 0.242. The maximum absolute atomic E-state index is 12.4. The lowest BCUT2D eigenvalue weighted by Gasteiger charge is -2.33. The van der Waals surface area contributed by atoms with Crippen LogP contribution in [0, 0.1) is 12.8 Å². The van der Waals surface area contributed by atoms with E-state index < -0.39 is 5.60 Å². The minimum Gasteiger partial charge on any atom is -0.456 e. The van der Waals surface area contributed by atoms with Gasteiger partial charge in [0.25, 0.3) is 0 Å². The van der Waals surface area contributed by atoms with Gasteiger partial charge in [-0.2, -0.15) is 5.10 Å². The highest BCUT2D eigenvalue weighted by Crippen LogP contribution is 2.35. The maximum Gasteiger partial charge on any atom is 0.410 e. The molecule has 5 heterocycles. The Balaban J connectivity index is 1.14. The van der Waals surface area contributed by atoms with Gasteiger partial charge < -0.3 is 18.8 Å². The molecule has 0 saturated carbocycles. The van der Waals surface area contributed by atoms with Crippen LogP contribution in [0.5, 0.6) is 11.5 Å². The highest BCUT2D eigenvalue weighted by molar-refractivity contribution is 6.36. The first kappa shape index (κ1) is 27.0. The van der Waals surface area contributed by atoms with Crippen LogP contribution in [-0.2, 0) is 11.3 Å². The van der Waals surface area contributed by atoms with Crippen molar-refractivity contribution in [1.29, 1.82) is 0 Å². The van der Waals surface area contributed by atoms with Crippen LogP contribution in [0.2, 0.25) is 5.02 Å². The molecule has 1 aliphatic heterocycles. The molecule has 1 aliphatic rings. The molecule has 0 N–H and O–H groups in total.